The van der Waals surface area contributed by atoms with E-state index in [0.717, 1.165) is 24.3 Å². The number of halogens is 6. The summed E-state index contributed by atoms with van der Waals surface area (Å²) in [4.78, 5) is 0. The van der Waals surface area contributed by atoms with Crippen LogP contribution in [0.3, 0.4) is 0 Å². The Hall–Kier alpha value is -2.42. The summed E-state index contributed by atoms with van der Waals surface area (Å²) in [7, 11) is 0. The lowest BCUT2D eigenvalue weighted by Gasteiger charge is -2.16. The van der Waals surface area contributed by atoms with Crippen LogP contribution in [0.15, 0.2) is 48.5 Å². The number of nitrogens with one attached hydrogen (secondary N) is 1. The zero-order valence-corrected chi connectivity index (χ0v) is 12.6. The zero-order chi connectivity index (χ0) is 18.5. The number of benzene rings is 2. The van der Waals surface area contributed by atoms with Crippen LogP contribution in [0, 0.1) is 0 Å². The number of alkyl halides is 6. The fraction of sp³-hybridized carbons (Fsp3) is 0.250. The largest absolute Gasteiger partial charge is 0.478 e. The Bertz CT molecular complexity index is 640. The minimum atomic E-state index is -4.57. The number of hydrogen-bond donors (Lipinski definition) is 1. The predicted molar refractivity (Wildman–Crippen MR) is 77.0 cm³/mol. The summed E-state index contributed by atoms with van der Waals surface area (Å²) in [6.07, 6.45) is -9.14. The van der Waals surface area contributed by atoms with E-state index in [1.54, 1.807) is 0 Å². The predicted octanol–water partition coefficient (Wildman–Crippen LogP) is 4.69. The van der Waals surface area contributed by atoms with Crippen LogP contribution in [0.2, 0.25) is 0 Å². The summed E-state index contributed by atoms with van der Waals surface area (Å²) in [5.74, 6) is -0.781. The van der Waals surface area contributed by atoms with Gasteiger partial charge < -0.3 is 9.47 Å². The molecular formula is C16H13F6NO2. The lowest BCUT2D eigenvalue weighted by Crippen LogP contribution is -2.26. The van der Waals surface area contributed by atoms with Crippen LogP contribution in [0.5, 0.6) is 11.5 Å². The first-order valence-corrected chi connectivity index (χ1v) is 6.98. The van der Waals surface area contributed by atoms with Crippen molar-refractivity contribution in [3.63, 3.8) is 0 Å². The van der Waals surface area contributed by atoms with E-state index in [1.165, 1.54) is 24.3 Å². The van der Waals surface area contributed by atoms with E-state index in [9.17, 15) is 26.3 Å². The Morgan fingerprint density at radius 2 is 1.00 bits per heavy atom. The van der Waals surface area contributed by atoms with Gasteiger partial charge in [0, 0.05) is 0 Å². The van der Waals surface area contributed by atoms with Crippen LogP contribution < -0.4 is 14.8 Å². The van der Waals surface area contributed by atoms with Gasteiger partial charge in [-0.15, -0.1) is 0 Å². The second-order valence-corrected chi connectivity index (χ2v) is 4.82. The summed E-state index contributed by atoms with van der Waals surface area (Å²) in [5.41, 5.74) is -1.89. The second-order valence-electron chi connectivity index (χ2n) is 4.82. The summed E-state index contributed by atoms with van der Waals surface area (Å²) >= 11 is 0. The van der Waals surface area contributed by atoms with E-state index in [-0.39, 0.29) is 13.5 Å². The third kappa shape index (κ3) is 5.28. The molecule has 3 nitrogen and oxygen atoms in total. The Morgan fingerprint density at radius 1 is 0.640 bits per heavy atom. The Morgan fingerprint density at radius 3 is 1.36 bits per heavy atom. The Balaban J connectivity index is 1.88. The molecule has 9 heteroatoms. The van der Waals surface area contributed by atoms with Gasteiger partial charge in [0.1, 0.15) is 25.0 Å². The number of para-hydroxylation sites is 2. The monoisotopic (exact) mass is 365 g/mol. The molecule has 1 N–H and O–H groups in total. The molecule has 25 heavy (non-hydrogen) atoms. The molecule has 2 aromatic rings. The highest BCUT2D eigenvalue weighted by molar-refractivity contribution is 5.36. The van der Waals surface area contributed by atoms with Crippen molar-refractivity contribution in [2.24, 2.45) is 0 Å². The van der Waals surface area contributed by atoms with Gasteiger partial charge in [0.15, 0.2) is 0 Å². The van der Waals surface area contributed by atoms with E-state index in [2.05, 4.69) is 5.32 Å². The van der Waals surface area contributed by atoms with Crippen LogP contribution in [0.1, 0.15) is 11.1 Å². The molecule has 2 aromatic carbocycles. The van der Waals surface area contributed by atoms with Gasteiger partial charge in [-0.05, 0) is 24.3 Å². The molecule has 0 saturated heterocycles. The van der Waals surface area contributed by atoms with E-state index in [1.807, 2.05) is 0 Å². The van der Waals surface area contributed by atoms with E-state index >= 15 is 0 Å². The molecule has 0 unspecified atom stereocenters. The van der Waals surface area contributed by atoms with Crippen molar-refractivity contribution >= 4 is 0 Å². The van der Waals surface area contributed by atoms with Gasteiger partial charge >= 0.3 is 12.4 Å². The molecule has 0 aromatic heterocycles. The normalized spacial score (nSPS) is 12.1. The van der Waals surface area contributed by atoms with Crippen molar-refractivity contribution in [2.75, 3.05) is 13.5 Å². The van der Waals surface area contributed by atoms with Crippen molar-refractivity contribution in [3.8, 4) is 11.5 Å². The highest BCUT2D eigenvalue weighted by Gasteiger charge is 2.34. The average molecular weight is 365 g/mol. The Kier molecular flexibility index (Phi) is 5.78. The maximum atomic E-state index is 12.8. The minimum Gasteiger partial charge on any atom is -0.478 e. The maximum Gasteiger partial charge on any atom is 0.419 e. The van der Waals surface area contributed by atoms with Gasteiger partial charge in [0.05, 0.1) is 11.1 Å². The SMILES string of the molecule is FC(F)(F)c1ccccc1OCNCOc1ccccc1C(F)(F)F. The van der Waals surface area contributed by atoms with Crippen molar-refractivity contribution < 1.29 is 35.8 Å². The van der Waals surface area contributed by atoms with Gasteiger partial charge in [0.25, 0.3) is 0 Å². The van der Waals surface area contributed by atoms with Crippen LogP contribution in [0.25, 0.3) is 0 Å². The molecule has 0 fully saturated rings. The van der Waals surface area contributed by atoms with Crippen molar-refractivity contribution in [2.45, 2.75) is 12.4 Å². The molecule has 0 saturated carbocycles. The molecule has 0 amide bonds. The second kappa shape index (κ2) is 7.64. The number of ether oxygens (including phenoxy) is 2. The van der Waals surface area contributed by atoms with Crippen LogP contribution in [0.4, 0.5) is 26.3 Å². The molecule has 0 radical (unpaired) electrons. The molecule has 0 spiro atoms. The van der Waals surface area contributed by atoms with Crippen LogP contribution in [-0.2, 0) is 12.4 Å². The highest BCUT2D eigenvalue weighted by Crippen LogP contribution is 2.36. The third-order valence-corrected chi connectivity index (χ3v) is 3.04. The molecule has 0 atom stereocenters. The van der Waals surface area contributed by atoms with E-state index in [0.29, 0.717) is 0 Å². The third-order valence-electron chi connectivity index (χ3n) is 3.04. The molecule has 0 bridgehead atoms. The molecule has 0 aliphatic heterocycles. The molecule has 136 valence electrons. The topological polar surface area (TPSA) is 30.5 Å². The maximum absolute atomic E-state index is 12.8. The van der Waals surface area contributed by atoms with Crippen LogP contribution >= 0.6 is 0 Å². The zero-order valence-electron chi connectivity index (χ0n) is 12.6. The fourth-order valence-corrected chi connectivity index (χ4v) is 1.95. The first-order chi connectivity index (χ1) is 11.7. The molecule has 0 aliphatic carbocycles. The van der Waals surface area contributed by atoms with E-state index in [4.69, 9.17) is 9.47 Å². The number of hydrogen-bond acceptors (Lipinski definition) is 3. The molecule has 0 heterocycles. The summed E-state index contributed by atoms with van der Waals surface area (Å²) in [6.45, 7) is -0.747. The molecule has 0 aliphatic rings. The first-order valence-electron chi connectivity index (χ1n) is 6.98. The highest BCUT2D eigenvalue weighted by atomic mass is 19.4. The summed E-state index contributed by atoms with van der Waals surface area (Å²) in [6, 6.07) is 9.22. The lowest BCUT2D eigenvalue weighted by molar-refractivity contribution is -0.139. The van der Waals surface area contributed by atoms with Crippen LogP contribution in [-0.4, -0.2) is 13.5 Å². The molecule has 2 rings (SSSR count). The number of rotatable bonds is 6. The standard InChI is InChI=1S/C16H13F6NO2/c17-15(18,19)11-5-1-3-7-13(11)24-9-23-10-25-14-8-4-2-6-12(14)16(20,21)22/h1-8,23H,9-10H2. The lowest BCUT2D eigenvalue weighted by atomic mass is 10.2. The van der Waals surface area contributed by atoms with Gasteiger partial charge in [-0.2, -0.15) is 26.3 Å². The average Bonchev–Trinajstić information content (AvgIpc) is 2.53. The summed E-state index contributed by atoms with van der Waals surface area (Å²) in [5, 5.41) is 2.46. The Labute approximate surface area is 139 Å². The fourth-order valence-electron chi connectivity index (χ4n) is 1.95. The minimum absolute atomic E-state index is 0.374. The van der Waals surface area contributed by atoms with Crippen molar-refractivity contribution in [1.82, 2.24) is 5.32 Å². The first kappa shape index (κ1) is 18.9. The summed E-state index contributed by atoms with van der Waals surface area (Å²) < 4.78 is 86.5. The van der Waals surface area contributed by atoms with E-state index < -0.39 is 35.0 Å². The van der Waals surface area contributed by atoms with Gasteiger partial charge in [-0.25, -0.2) is 0 Å². The smallest absolute Gasteiger partial charge is 0.419 e. The van der Waals surface area contributed by atoms with Gasteiger partial charge in [-0.1, -0.05) is 24.3 Å². The van der Waals surface area contributed by atoms with Gasteiger partial charge in [0.2, 0.25) is 0 Å². The van der Waals surface area contributed by atoms with Gasteiger partial charge in [-0.3, -0.25) is 5.32 Å². The molecular weight excluding hydrogens is 352 g/mol. The van der Waals surface area contributed by atoms with Crippen molar-refractivity contribution in [3.05, 3.63) is 59.7 Å². The van der Waals surface area contributed by atoms with Crippen molar-refractivity contribution in [1.29, 1.82) is 0 Å². The quantitative estimate of drug-likeness (QED) is 0.458.